The molecule has 32 heavy (non-hydrogen) atoms. The zero-order valence-corrected chi connectivity index (χ0v) is 21.7. The van der Waals surface area contributed by atoms with Crippen molar-refractivity contribution in [2.45, 2.75) is 112 Å². The van der Waals surface area contributed by atoms with Gasteiger partial charge in [-0.05, 0) is 111 Å². The molecule has 0 aromatic heterocycles. The number of esters is 1. The second-order valence-electron chi connectivity index (χ2n) is 12.8. The molecule has 180 valence electrons. The Hall–Kier alpha value is -1.05. The summed E-state index contributed by atoms with van der Waals surface area (Å²) in [5.74, 6) is 4.39. The first-order valence-corrected chi connectivity index (χ1v) is 13.6. The molecule has 2 heteroatoms. The van der Waals surface area contributed by atoms with Gasteiger partial charge in [0.25, 0.3) is 0 Å². The first-order chi connectivity index (χ1) is 15.1. The lowest BCUT2D eigenvalue weighted by atomic mass is 9.47. The molecule has 0 N–H and O–H groups in total. The second kappa shape index (κ2) is 8.95. The van der Waals surface area contributed by atoms with Gasteiger partial charge in [-0.25, -0.2) is 0 Å². The molecule has 0 spiro atoms. The average Bonchev–Trinajstić information content (AvgIpc) is 3.08. The Morgan fingerprint density at radius 2 is 1.78 bits per heavy atom. The smallest absolute Gasteiger partial charge is 0.302 e. The minimum Gasteiger partial charge on any atom is -0.463 e. The van der Waals surface area contributed by atoms with Crippen LogP contribution in [-0.4, -0.2) is 12.1 Å². The molecular formula is C30H48O2. The van der Waals surface area contributed by atoms with Crippen LogP contribution in [0.4, 0.5) is 0 Å². The summed E-state index contributed by atoms with van der Waals surface area (Å²) < 4.78 is 5.64. The van der Waals surface area contributed by atoms with E-state index in [0.29, 0.717) is 22.7 Å². The summed E-state index contributed by atoms with van der Waals surface area (Å²) in [5.41, 5.74) is 4.16. The van der Waals surface area contributed by atoms with E-state index in [0.717, 1.165) is 36.5 Å². The SMILES string of the molecule is C=C(CC[C@@H](C)[C@H]1CC[C@H]2C3=CC[C@H]4C[C@@H](OC(C)=O)CC[C@]4(C)[C@H]3CC[C@]12C)C(C)C. The molecule has 4 aliphatic carbocycles. The van der Waals surface area contributed by atoms with Gasteiger partial charge in [-0.3, -0.25) is 4.79 Å². The van der Waals surface area contributed by atoms with Gasteiger partial charge in [-0.2, -0.15) is 0 Å². The molecule has 0 bridgehead atoms. The Labute approximate surface area is 197 Å². The van der Waals surface area contributed by atoms with Crippen LogP contribution in [0.3, 0.4) is 0 Å². The van der Waals surface area contributed by atoms with E-state index in [1.54, 1.807) is 6.92 Å². The highest BCUT2D eigenvalue weighted by molar-refractivity contribution is 5.66. The number of fused-ring (bicyclic) bond motifs is 5. The van der Waals surface area contributed by atoms with Crippen LogP contribution in [0, 0.1) is 46.3 Å². The van der Waals surface area contributed by atoms with Gasteiger partial charge in [0.15, 0.2) is 0 Å². The van der Waals surface area contributed by atoms with Crippen LogP contribution < -0.4 is 0 Å². The van der Waals surface area contributed by atoms with Crippen molar-refractivity contribution in [1.82, 2.24) is 0 Å². The van der Waals surface area contributed by atoms with Gasteiger partial charge < -0.3 is 4.74 Å². The van der Waals surface area contributed by atoms with Gasteiger partial charge >= 0.3 is 5.97 Å². The third kappa shape index (κ3) is 4.14. The summed E-state index contributed by atoms with van der Waals surface area (Å²) in [7, 11) is 0. The largest absolute Gasteiger partial charge is 0.463 e. The van der Waals surface area contributed by atoms with E-state index in [1.165, 1.54) is 56.9 Å². The third-order valence-electron chi connectivity index (χ3n) is 10.9. The summed E-state index contributed by atoms with van der Waals surface area (Å²) in [4.78, 5) is 11.5. The molecule has 0 aromatic carbocycles. The lowest BCUT2D eigenvalue weighted by Crippen LogP contribution is -2.50. The Bertz CT molecular complexity index is 763. The quantitative estimate of drug-likeness (QED) is 0.308. The van der Waals surface area contributed by atoms with Crippen molar-refractivity contribution in [2.75, 3.05) is 0 Å². The Morgan fingerprint density at radius 1 is 1.09 bits per heavy atom. The van der Waals surface area contributed by atoms with Crippen LogP contribution in [0.2, 0.25) is 0 Å². The van der Waals surface area contributed by atoms with Gasteiger partial charge in [-0.15, -0.1) is 0 Å². The number of hydrogen-bond acceptors (Lipinski definition) is 2. The van der Waals surface area contributed by atoms with E-state index in [-0.39, 0.29) is 12.1 Å². The second-order valence-corrected chi connectivity index (χ2v) is 12.8. The summed E-state index contributed by atoms with van der Waals surface area (Å²) in [6.07, 6.45) is 15.4. The van der Waals surface area contributed by atoms with Crippen LogP contribution in [0.25, 0.3) is 0 Å². The minimum absolute atomic E-state index is 0.109. The van der Waals surface area contributed by atoms with E-state index in [9.17, 15) is 4.79 Å². The summed E-state index contributed by atoms with van der Waals surface area (Å²) in [6.45, 7) is 18.2. The molecule has 0 unspecified atom stereocenters. The van der Waals surface area contributed by atoms with Gasteiger partial charge in [0.1, 0.15) is 6.10 Å². The highest BCUT2D eigenvalue weighted by Crippen LogP contribution is 2.67. The number of allylic oxidation sites excluding steroid dienone is 3. The molecule has 0 radical (unpaired) electrons. The van der Waals surface area contributed by atoms with Gasteiger partial charge in [0.2, 0.25) is 0 Å². The highest BCUT2D eigenvalue weighted by atomic mass is 16.5. The number of ether oxygens (including phenoxy) is 1. The number of carbonyl (C=O) groups excluding carboxylic acids is 1. The Balaban J connectivity index is 1.48. The van der Waals surface area contributed by atoms with Crippen LogP contribution in [-0.2, 0) is 9.53 Å². The summed E-state index contributed by atoms with van der Waals surface area (Å²) >= 11 is 0. The van der Waals surface area contributed by atoms with Crippen LogP contribution in [0.15, 0.2) is 23.8 Å². The van der Waals surface area contributed by atoms with E-state index in [2.05, 4.69) is 47.3 Å². The van der Waals surface area contributed by atoms with Crippen LogP contribution in [0.1, 0.15) is 106 Å². The van der Waals surface area contributed by atoms with Gasteiger partial charge in [0.05, 0.1) is 0 Å². The monoisotopic (exact) mass is 440 g/mol. The Kier molecular flexibility index (Phi) is 6.74. The number of hydrogen-bond donors (Lipinski definition) is 0. The third-order valence-corrected chi connectivity index (χ3v) is 10.9. The average molecular weight is 441 g/mol. The van der Waals surface area contributed by atoms with Gasteiger partial charge in [-0.1, -0.05) is 58.4 Å². The van der Waals surface area contributed by atoms with Crippen molar-refractivity contribution in [3.8, 4) is 0 Å². The van der Waals surface area contributed by atoms with Crippen LogP contribution in [0.5, 0.6) is 0 Å². The van der Waals surface area contributed by atoms with Gasteiger partial charge in [0, 0.05) is 6.92 Å². The highest BCUT2D eigenvalue weighted by Gasteiger charge is 2.58. The fourth-order valence-corrected chi connectivity index (χ4v) is 8.69. The molecular weight excluding hydrogens is 392 g/mol. The van der Waals surface area contributed by atoms with E-state index >= 15 is 0 Å². The van der Waals surface area contributed by atoms with Crippen molar-refractivity contribution in [3.05, 3.63) is 23.8 Å². The minimum atomic E-state index is -0.109. The first-order valence-electron chi connectivity index (χ1n) is 13.6. The summed E-state index contributed by atoms with van der Waals surface area (Å²) in [6, 6.07) is 0. The van der Waals surface area contributed by atoms with Crippen molar-refractivity contribution in [3.63, 3.8) is 0 Å². The molecule has 0 aliphatic heterocycles. The lowest BCUT2D eigenvalue weighted by molar-refractivity contribution is -0.152. The lowest BCUT2D eigenvalue weighted by Gasteiger charge is -2.58. The molecule has 0 saturated heterocycles. The fraction of sp³-hybridized carbons (Fsp3) is 0.833. The molecule has 3 fully saturated rings. The zero-order valence-electron chi connectivity index (χ0n) is 21.7. The fourth-order valence-electron chi connectivity index (χ4n) is 8.69. The molecule has 0 amide bonds. The van der Waals surface area contributed by atoms with Crippen molar-refractivity contribution >= 4 is 5.97 Å². The van der Waals surface area contributed by atoms with Crippen molar-refractivity contribution in [2.24, 2.45) is 46.3 Å². The molecule has 0 heterocycles. The topological polar surface area (TPSA) is 26.3 Å². The molecule has 4 aliphatic rings. The maximum atomic E-state index is 11.5. The van der Waals surface area contributed by atoms with E-state index in [1.807, 2.05) is 5.57 Å². The van der Waals surface area contributed by atoms with Crippen molar-refractivity contribution < 1.29 is 9.53 Å². The van der Waals surface area contributed by atoms with E-state index in [4.69, 9.17) is 4.74 Å². The van der Waals surface area contributed by atoms with Crippen LogP contribution >= 0.6 is 0 Å². The molecule has 4 rings (SSSR count). The standard InChI is InChI=1S/C30H48O2/c1-19(2)20(3)8-9-21(4)26-12-13-27-25-11-10-23-18-24(32-22(5)31)14-16-29(23,6)28(25)15-17-30(26,27)7/h11,19,21,23-24,26-28H,3,8-10,12-18H2,1-2,4-7H3/t21-,23+,24+,26-,27+,28+,29+,30-/m1/s1. The molecule has 3 saturated carbocycles. The normalized spacial score (nSPS) is 41.8. The van der Waals surface area contributed by atoms with E-state index < -0.39 is 0 Å². The maximum absolute atomic E-state index is 11.5. The summed E-state index contributed by atoms with van der Waals surface area (Å²) in [5, 5.41) is 0. The molecule has 8 atom stereocenters. The predicted octanol–water partition coefficient (Wildman–Crippen LogP) is 8.13. The maximum Gasteiger partial charge on any atom is 0.302 e. The molecule has 0 aromatic rings. The Morgan fingerprint density at radius 3 is 2.47 bits per heavy atom. The number of carbonyl (C=O) groups is 1. The zero-order chi connectivity index (χ0) is 23.3. The predicted molar refractivity (Wildman–Crippen MR) is 133 cm³/mol. The first kappa shape index (κ1) is 24.1. The number of rotatable bonds is 6. The molecule has 2 nitrogen and oxygen atoms in total. The van der Waals surface area contributed by atoms with Crippen molar-refractivity contribution in [1.29, 1.82) is 0 Å².